The Balaban J connectivity index is 2.10. The first-order valence-electron chi connectivity index (χ1n) is 4.53. The first kappa shape index (κ1) is 10.2. The maximum absolute atomic E-state index is 4.94. The van der Waals surface area contributed by atoms with E-state index in [4.69, 9.17) is 4.74 Å². The second-order valence-electron chi connectivity index (χ2n) is 3.00. The molecule has 0 bridgehead atoms. The van der Waals surface area contributed by atoms with Gasteiger partial charge in [-0.25, -0.2) is 4.98 Å². The van der Waals surface area contributed by atoms with Gasteiger partial charge in [0.15, 0.2) is 0 Å². The molecule has 4 nitrogen and oxygen atoms in total. The molecular weight excluding hydrogens is 166 g/mol. The first-order chi connectivity index (χ1) is 6.34. The van der Waals surface area contributed by atoms with E-state index in [1.165, 1.54) is 0 Å². The van der Waals surface area contributed by atoms with Crippen LogP contribution in [-0.2, 0) is 11.3 Å². The van der Waals surface area contributed by atoms with Crippen LogP contribution in [0.4, 0.5) is 0 Å². The Kier molecular flexibility index (Phi) is 4.49. The highest BCUT2D eigenvalue weighted by Gasteiger charge is 1.98. The zero-order valence-corrected chi connectivity index (χ0v) is 8.26. The molecule has 1 rings (SSSR count). The Labute approximate surface area is 78.7 Å². The van der Waals surface area contributed by atoms with Crippen LogP contribution in [0.15, 0.2) is 6.33 Å². The van der Waals surface area contributed by atoms with Crippen LogP contribution < -0.4 is 5.32 Å². The minimum atomic E-state index is 0.812. The van der Waals surface area contributed by atoms with Crippen molar-refractivity contribution >= 4 is 0 Å². The molecule has 1 aromatic rings. The normalized spacial score (nSPS) is 10.6. The van der Waals surface area contributed by atoms with Crippen molar-refractivity contribution in [2.24, 2.45) is 0 Å². The number of H-pyrrole nitrogens is 1. The lowest BCUT2D eigenvalue weighted by Gasteiger charge is -2.02. The van der Waals surface area contributed by atoms with Gasteiger partial charge in [-0.15, -0.1) is 0 Å². The Morgan fingerprint density at radius 3 is 3.08 bits per heavy atom. The van der Waals surface area contributed by atoms with Crippen LogP contribution in [0.5, 0.6) is 0 Å². The van der Waals surface area contributed by atoms with E-state index in [2.05, 4.69) is 15.3 Å². The number of ether oxygens (including phenoxy) is 1. The van der Waals surface area contributed by atoms with E-state index in [1.807, 2.05) is 6.92 Å². The molecule has 0 spiro atoms. The smallest absolute Gasteiger partial charge is 0.0925 e. The molecule has 4 heteroatoms. The molecule has 13 heavy (non-hydrogen) atoms. The summed E-state index contributed by atoms with van der Waals surface area (Å²) in [5.41, 5.74) is 2.23. The van der Waals surface area contributed by atoms with Crippen LogP contribution in [0, 0.1) is 6.92 Å². The Morgan fingerprint density at radius 1 is 1.62 bits per heavy atom. The van der Waals surface area contributed by atoms with Crippen molar-refractivity contribution in [3.63, 3.8) is 0 Å². The number of rotatable bonds is 6. The van der Waals surface area contributed by atoms with Crippen molar-refractivity contribution in [1.82, 2.24) is 15.3 Å². The van der Waals surface area contributed by atoms with E-state index in [-0.39, 0.29) is 0 Å². The second-order valence-corrected chi connectivity index (χ2v) is 3.00. The predicted molar refractivity (Wildman–Crippen MR) is 51.5 cm³/mol. The minimum Gasteiger partial charge on any atom is -0.385 e. The number of methoxy groups -OCH3 is 1. The van der Waals surface area contributed by atoms with Gasteiger partial charge in [-0.1, -0.05) is 0 Å². The van der Waals surface area contributed by atoms with Crippen molar-refractivity contribution in [2.75, 3.05) is 20.3 Å². The molecule has 0 atom stereocenters. The molecule has 0 aliphatic rings. The minimum absolute atomic E-state index is 0.812. The number of aryl methyl sites for hydroxylation is 1. The summed E-state index contributed by atoms with van der Waals surface area (Å²) in [6.07, 6.45) is 2.77. The molecular formula is C9H17N3O. The second kappa shape index (κ2) is 5.72. The average Bonchev–Trinajstić information content (AvgIpc) is 2.52. The monoisotopic (exact) mass is 183 g/mol. The molecule has 0 fully saturated rings. The van der Waals surface area contributed by atoms with E-state index in [1.54, 1.807) is 13.4 Å². The van der Waals surface area contributed by atoms with Crippen molar-refractivity contribution in [2.45, 2.75) is 19.9 Å². The third-order valence-electron chi connectivity index (χ3n) is 1.93. The fourth-order valence-electron chi connectivity index (χ4n) is 1.11. The van der Waals surface area contributed by atoms with Gasteiger partial charge >= 0.3 is 0 Å². The third-order valence-corrected chi connectivity index (χ3v) is 1.93. The van der Waals surface area contributed by atoms with E-state index < -0.39 is 0 Å². The summed E-state index contributed by atoms with van der Waals surface area (Å²) in [5.74, 6) is 0. The maximum Gasteiger partial charge on any atom is 0.0925 e. The molecule has 0 radical (unpaired) electrons. The lowest BCUT2D eigenvalue weighted by Crippen LogP contribution is -2.16. The van der Waals surface area contributed by atoms with Gasteiger partial charge in [0, 0.05) is 26.0 Å². The summed E-state index contributed by atoms with van der Waals surface area (Å²) in [5, 5.41) is 3.30. The summed E-state index contributed by atoms with van der Waals surface area (Å²) in [6.45, 7) is 4.64. The number of hydrogen-bond donors (Lipinski definition) is 2. The first-order valence-corrected chi connectivity index (χ1v) is 4.53. The van der Waals surface area contributed by atoms with Gasteiger partial charge in [0.05, 0.1) is 12.0 Å². The Hall–Kier alpha value is -0.870. The molecule has 74 valence electrons. The van der Waals surface area contributed by atoms with Gasteiger partial charge in [0.25, 0.3) is 0 Å². The van der Waals surface area contributed by atoms with Gasteiger partial charge in [-0.2, -0.15) is 0 Å². The Bertz CT molecular complexity index is 235. The molecule has 0 aliphatic carbocycles. The van der Waals surface area contributed by atoms with Crippen LogP contribution in [0.25, 0.3) is 0 Å². The lowest BCUT2D eigenvalue weighted by molar-refractivity contribution is 0.194. The molecule has 1 heterocycles. The fourth-order valence-corrected chi connectivity index (χ4v) is 1.11. The number of aromatic amines is 1. The van der Waals surface area contributed by atoms with Crippen LogP contribution >= 0.6 is 0 Å². The maximum atomic E-state index is 4.94. The topological polar surface area (TPSA) is 49.9 Å². The highest BCUT2D eigenvalue weighted by molar-refractivity contribution is 5.07. The summed E-state index contributed by atoms with van der Waals surface area (Å²) in [6, 6.07) is 0. The predicted octanol–water partition coefficient (Wildman–Crippen LogP) is 0.844. The highest BCUT2D eigenvalue weighted by Crippen LogP contribution is 1.98. The van der Waals surface area contributed by atoms with Gasteiger partial charge in [-0.05, 0) is 19.9 Å². The Morgan fingerprint density at radius 2 is 2.46 bits per heavy atom. The van der Waals surface area contributed by atoms with Crippen LogP contribution in [0.2, 0.25) is 0 Å². The van der Waals surface area contributed by atoms with Gasteiger partial charge in [0.2, 0.25) is 0 Å². The number of aromatic nitrogens is 2. The summed E-state index contributed by atoms with van der Waals surface area (Å²) in [4.78, 5) is 7.23. The SMILES string of the molecule is COCCCNCc1nc[nH]c1C. The molecule has 2 N–H and O–H groups in total. The number of hydrogen-bond acceptors (Lipinski definition) is 3. The van der Waals surface area contributed by atoms with Crippen LogP contribution in [-0.4, -0.2) is 30.2 Å². The summed E-state index contributed by atoms with van der Waals surface area (Å²) < 4.78 is 4.94. The van der Waals surface area contributed by atoms with Crippen LogP contribution in [0.1, 0.15) is 17.8 Å². The van der Waals surface area contributed by atoms with Gasteiger partial charge in [0.1, 0.15) is 0 Å². The molecule has 0 unspecified atom stereocenters. The number of imidazole rings is 1. The molecule has 0 aromatic carbocycles. The van der Waals surface area contributed by atoms with E-state index in [0.717, 1.165) is 37.5 Å². The highest BCUT2D eigenvalue weighted by atomic mass is 16.5. The summed E-state index contributed by atoms with van der Waals surface area (Å²) >= 11 is 0. The average molecular weight is 183 g/mol. The van der Waals surface area contributed by atoms with E-state index in [9.17, 15) is 0 Å². The van der Waals surface area contributed by atoms with Crippen molar-refractivity contribution in [1.29, 1.82) is 0 Å². The zero-order valence-electron chi connectivity index (χ0n) is 8.26. The van der Waals surface area contributed by atoms with E-state index >= 15 is 0 Å². The third kappa shape index (κ3) is 3.57. The molecule has 0 amide bonds. The molecule has 1 aromatic heterocycles. The molecule has 0 saturated carbocycles. The number of nitrogens with one attached hydrogen (secondary N) is 2. The number of nitrogens with zero attached hydrogens (tertiary/aromatic N) is 1. The quantitative estimate of drug-likeness (QED) is 0.643. The molecule has 0 saturated heterocycles. The summed E-state index contributed by atoms with van der Waals surface area (Å²) in [7, 11) is 1.72. The lowest BCUT2D eigenvalue weighted by atomic mass is 10.3. The van der Waals surface area contributed by atoms with E-state index in [0.29, 0.717) is 0 Å². The van der Waals surface area contributed by atoms with Crippen LogP contribution in [0.3, 0.4) is 0 Å². The van der Waals surface area contributed by atoms with Crippen molar-refractivity contribution in [3.05, 3.63) is 17.7 Å². The van der Waals surface area contributed by atoms with Crippen molar-refractivity contribution < 1.29 is 4.74 Å². The van der Waals surface area contributed by atoms with Crippen molar-refractivity contribution in [3.8, 4) is 0 Å². The fraction of sp³-hybridized carbons (Fsp3) is 0.667. The molecule has 0 aliphatic heterocycles. The van der Waals surface area contributed by atoms with Gasteiger partial charge < -0.3 is 15.0 Å². The standard InChI is InChI=1S/C9H17N3O/c1-8-9(12-7-11-8)6-10-4-3-5-13-2/h7,10H,3-6H2,1-2H3,(H,11,12). The zero-order chi connectivity index (χ0) is 9.52. The largest absolute Gasteiger partial charge is 0.385 e. The van der Waals surface area contributed by atoms with Gasteiger partial charge in [-0.3, -0.25) is 0 Å².